The van der Waals surface area contributed by atoms with Crippen LogP contribution in [0.3, 0.4) is 0 Å². The molecule has 0 atom stereocenters. The van der Waals surface area contributed by atoms with Gasteiger partial charge in [-0.05, 0) is 29.6 Å². The number of ether oxygens (including phenoxy) is 1. The van der Waals surface area contributed by atoms with E-state index in [9.17, 15) is 9.59 Å². The lowest BCUT2D eigenvalue weighted by Gasteiger charge is -1.98. The summed E-state index contributed by atoms with van der Waals surface area (Å²) in [6, 6.07) is 3.71. The van der Waals surface area contributed by atoms with Crippen LogP contribution < -0.4 is 0 Å². The molecule has 0 N–H and O–H groups in total. The molecule has 0 aliphatic rings. The van der Waals surface area contributed by atoms with Crippen LogP contribution >= 0.6 is 27.3 Å². The van der Waals surface area contributed by atoms with E-state index in [1.54, 1.807) is 4.99 Å². The smallest absolute Gasteiger partial charge is 0.305 e. The summed E-state index contributed by atoms with van der Waals surface area (Å²) in [5.41, 5.74) is 0. The van der Waals surface area contributed by atoms with Gasteiger partial charge >= 0.3 is 5.97 Å². The molecule has 17 heavy (non-hydrogen) atoms. The summed E-state index contributed by atoms with van der Waals surface area (Å²) in [6.45, 7) is 0. The minimum Gasteiger partial charge on any atom is -0.469 e. The molecule has 0 saturated carbocycles. The van der Waals surface area contributed by atoms with Crippen LogP contribution in [0.5, 0.6) is 0 Å². The number of carbonyl (C=O) groups is 2. The number of esters is 1. The molecule has 0 fully saturated rings. The number of rotatable bonds is 6. The highest BCUT2D eigenvalue weighted by Crippen LogP contribution is 2.20. The second-order valence-electron chi connectivity index (χ2n) is 3.35. The maximum absolute atomic E-state index is 11.8. The van der Waals surface area contributed by atoms with Crippen molar-refractivity contribution in [2.45, 2.75) is 19.3 Å². The van der Waals surface area contributed by atoms with E-state index in [0.29, 0.717) is 19.3 Å². The number of methoxy groups -OCH3 is 1. The Hall–Kier alpha value is -0.940. The van der Waals surface area contributed by atoms with E-state index in [4.69, 9.17) is 0 Å². The number of Topliss-reactive ketones (excluding diaryl/α,β-unsaturated/α-hetero) is 1. The van der Waals surface area contributed by atoms with Gasteiger partial charge in [-0.15, -0.1) is 11.3 Å². The lowest BCUT2D eigenvalue weighted by Crippen LogP contribution is -2.02. The van der Waals surface area contributed by atoms with Crippen LogP contribution in [-0.2, 0) is 9.53 Å². The normalized spacial score (nSPS) is 10.7. The van der Waals surface area contributed by atoms with Crippen LogP contribution in [-0.4, -0.2) is 18.9 Å². The van der Waals surface area contributed by atoms with Crippen LogP contribution in [0.4, 0.5) is 0 Å². The second-order valence-corrected chi connectivity index (χ2v) is 4.99. The maximum Gasteiger partial charge on any atom is 0.305 e. The van der Waals surface area contributed by atoms with E-state index >= 15 is 0 Å². The molecule has 0 radical (unpaired) electrons. The van der Waals surface area contributed by atoms with Gasteiger partial charge in [0.05, 0.1) is 12.0 Å². The van der Waals surface area contributed by atoms with Gasteiger partial charge in [0.2, 0.25) is 0 Å². The van der Waals surface area contributed by atoms with Gasteiger partial charge in [-0.3, -0.25) is 9.59 Å². The largest absolute Gasteiger partial charge is 0.469 e. The van der Waals surface area contributed by atoms with Crippen molar-refractivity contribution in [3.8, 4) is 0 Å². The van der Waals surface area contributed by atoms with Crippen molar-refractivity contribution < 1.29 is 14.3 Å². The molecule has 0 aromatic carbocycles. The minimum atomic E-state index is -0.271. The summed E-state index contributed by atoms with van der Waals surface area (Å²) >= 11 is 4.64. The zero-order valence-electron chi connectivity index (χ0n) is 9.44. The van der Waals surface area contributed by atoms with Gasteiger partial charge in [-0.1, -0.05) is 15.9 Å². The Balaban J connectivity index is 2.44. The van der Waals surface area contributed by atoms with E-state index in [1.165, 1.54) is 18.4 Å². The van der Waals surface area contributed by atoms with Crippen molar-refractivity contribution in [3.63, 3.8) is 0 Å². The van der Waals surface area contributed by atoms with Crippen molar-refractivity contribution in [2.24, 2.45) is 0 Å². The van der Waals surface area contributed by atoms with Crippen LogP contribution in [0.1, 0.15) is 33.8 Å². The van der Waals surface area contributed by atoms with E-state index in [-0.39, 0.29) is 11.8 Å². The summed E-state index contributed by atoms with van der Waals surface area (Å²) in [4.78, 5) is 26.1. The van der Waals surface area contributed by atoms with Gasteiger partial charge < -0.3 is 4.74 Å². The number of halogens is 1. The highest BCUT2D eigenvalue weighted by atomic mass is 79.9. The molecule has 92 valence electrons. The highest BCUT2D eigenvalue weighted by molar-refractivity contribution is 9.11. The summed E-state index contributed by atoms with van der Waals surface area (Å²) in [7, 11) is 1.35. The van der Waals surface area contributed by atoms with Gasteiger partial charge in [-0.25, -0.2) is 0 Å². The van der Waals surface area contributed by atoms with Crippen molar-refractivity contribution in [1.82, 2.24) is 0 Å². The first-order valence-electron chi connectivity index (χ1n) is 5.14. The molecular formula is C12H13BrO3S. The Morgan fingerprint density at radius 1 is 1.41 bits per heavy atom. The molecule has 3 nitrogen and oxygen atoms in total. The molecule has 5 heteroatoms. The Morgan fingerprint density at radius 3 is 2.82 bits per heavy atom. The molecule has 0 aliphatic heterocycles. The number of carbonyl (C=O) groups excluding carboxylic acids is 2. The average molecular weight is 317 g/mol. The fourth-order valence-corrected chi connectivity index (χ4v) is 2.61. The zero-order chi connectivity index (χ0) is 12.7. The SMILES string of the molecule is COC(=O)CCCC(=O)c1ccc(/C=C/Br)s1. The molecule has 0 bridgehead atoms. The van der Waals surface area contributed by atoms with Gasteiger partial charge in [-0.2, -0.15) is 0 Å². The Morgan fingerprint density at radius 2 is 2.18 bits per heavy atom. The molecule has 0 spiro atoms. The third-order valence-electron chi connectivity index (χ3n) is 2.14. The first-order valence-corrected chi connectivity index (χ1v) is 6.87. The molecule has 0 amide bonds. The van der Waals surface area contributed by atoms with E-state index < -0.39 is 0 Å². The predicted molar refractivity (Wildman–Crippen MR) is 72.5 cm³/mol. The average Bonchev–Trinajstić information content (AvgIpc) is 2.78. The van der Waals surface area contributed by atoms with Crippen LogP contribution in [0.2, 0.25) is 0 Å². The Bertz CT molecular complexity index is 423. The summed E-state index contributed by atoms with van der Waals surface area (Å²) in [5, 5.41) is 0. The third kappa shape index (κ3) is 4.83. The van der Waals surface area contributed by atoms with E-state index in [1.807, 2.05) is 18.2 Å². The fourth-order valence-electron chi connectivity index (χ4n) is 1.27. The number of hydrogen-bond donors (Lipinski definition) is 0. The van der Waals surface area contributed by atoms with Crippen LogP contribution in [0, 0.1) is 0 Å². The van der Waals surface area contributed by atoms with Gasteiger partial charge in [0.15, 0.2) is 5.78 Å². The van der Waals surface area contributed by atoms with Gasteiger partial charge in [0, 0.05) is 17.7 Å². The van der Waals surface area contributed by atoms with Crippen molar-refractivity contribution >= 4 is 45.1 Å². The Kier molecular flexibility index (Phi) is 6.15. The lowest BCUT2D eigenvalue weighted by atomic mass is 10.1. The zero-order valence-corrected chi connectivity index (χ0v) is 11.8. The summed E-state index contributed by atoms with van der Waals surface area (Å²) in [6.07, 6.45) is 3.10. The maximum atomic E-state index is 11.8. The number of ketones is 1. The van der Waals surface area contributed by atoms with Gasteiger partial charge in [0.25, 0.3) is 0 Å². The van der Waals surface area contributed by atoms with Crippen LogP contribution in [0.15, 0.2) is 17.1 Å². The molecular weight excluding hydrogens is 304 g/mol. The topological polar surface area (TPSA) is 43.4 Å². The van der Waals surface area contributed by atoms with Crippen molar-refractivity contribution in [3.05, 3.63) is 26.9 Å². The lowest BCUT2D eigenvalue weighted by molar-refractivity contribution is -0.140. The molecule has 1 heterocycles. The summed E-state index contributed by atoms with van der Waals surface area (Å²) in [5.74, 6) is -0.194. The number of thiophene rings is 1. The quantitative estimate of drug-likeness (QED) is 0.594. The van der Waals surface area contributed by atoms with Gasteiger partial charge in [0.1, 0.15) is 0 Å². The third-order valence-corrected chi connectivity index (χ3v) is 3.50. The predicted octanol–water partition coefficient (Wildman–Crippen LogP) is 3.64. The number of hydrogen-bond acceptors (Lipinski definition) is 4. The monoisotopic (exact) mass is 316 g/mol. The molecule has 1 aromatic rings. The summed E-state index contributed by atoms with van der Waals surface area (Å²) < 4.78 is 4.51. The molecule has 0 unspecified atom stereocenters. The van der Waals surface area contributed by atoms with E-state index in [0.717, 1.165) is 9.75 Å². The van der Waals surface area contributed by atoms with Crippen LogP contribution in [0.25, 0.3) is 6.08 Å². The molecule has 1 aromatic heterocycles. The van der Waals surface area contributed by atoms with E-state index in [2.05, 4.69) is 20.7 Å². The standard InChI is InChI=1S/C12H13BrO3S/c1-16-12(15)4-2-3-10(14)11-6-5-9(17-11)7-8-13/h5-8H,2-4H2,1H3/b8-7+. The fraction of sp³-hybridized carbons (Fsp3) is 0.333. The second kappa shape index (κ2) is 7.40. The molecule has 0 saturated heterocycles. The first kappa shape index (κ1) is 14.1. The van der Waals surface area contributed by atoms with Crippen molar-refractivity contribution in [2.75, 3.05) is 7.11 Å². The molecule has 0 aliphatic carbocycles. The first-order chi connectivity index (χ1) is 8.17. The highest BCUT2D eigenvalue weighted by Gasteiger charge is 2.09. The minimum absolute atomic E-state index is 0.0770. The molecule has 1 rings (SSSR count). The van der Waals surface area contributed by atoms with Crippen molar-refractivity contribution in [1.29, 1.82) is 0 Å². The Labute approximate surface area is 113 Å².